The lowest BCUT2D eigenvalue weighted by Crippen LogP contribution is -2.43. The number of nitrogens with zero attached hydrogens (tertiary/aromatic N) is 5. The standard InChI is InChI=1S/C28H30ClF2N7O2S/c29-18-11-17-22(21(31)20(18)16-3-4-19(30)24-23(16)34-26(33)41-24)35-27(36-25(17)37-9-10-39-13-15(32)12-37)40-14-28-5-1-7-38(28)8-2-6-28/h3-4,11,15H,1-2,5-10,12-14,32H2,(H2,33,34). The van der Waals surface area contributed by atoms with E-state index in [4.69, 9.17) is 37.5 Å². The second-order valence-corrected chi connectivity index (χ2v) is 12.5. The molecule has 4 N–H and O–H groups in total. The molecule has 0 amide bonds. The number of anilines is 2. The molecular formula is C28H30ClF2N7O2S. The van der Waals surface area contributed by atoms with E-state index in [2.05, 4.69) is 14.9 Å². The predicted octanol–water partition coefficient (Wildman–Crippen LogP) is 4.59. The molecule has 216 valence electrons. The monoisotopic (exact) mass is 601 g/mol. The van der Waals surface area contributed by atoms with E-state index in [0.29, 0.717) is 49.7 Å². The summed E-state index contributed by atoms with van der Waals surface area (Å²) in [6, 6.07) is 4.21. The van der Waals surface area contributed by atoms with E-state index in [1.165, 1.54) is 12.1 Å². The highest BCUT2D eigenvalue weighted by Crippen LogP contribution is 2.43. The molecule has 9 nitrogen and oxygen atoms in total. The van der Waals surface area contributed by atoms with Crippen molar-refractivity contribution in [2.45, 2.75) is 37.3 Å². The van der Waals surface area contributed by atoms with Crippen LogP contribution in [0.3, 0.4) is 0 Å². The molecule has 13 heteroatoms. The van der Waals surface area contributed by atoms with Crippen molar-refractivity contribution in [1.29, 1.82) is 0 Å². The van der Waals surface area contributed by atoms with Crippen LogP contribution in [0.1, 0.15) is 25.7 Å². The molecule has 3 aliphatic rings. The maximum Gasteiger partial charge on any atom is 0.319 e. The number of nitrogens with two attached hydrogens (primary N) is 2. The molecule has 0 radical (unpaired) electrons. The van der Waals surface area contributed by atoms with Crippen molar-refractivity contribution >= 4 is 55.0 Å². The summed E-state index contributed by atoms with van der Waals surface area (Å²) in [4.78, 5) is 18.1. The first kappa shape index (κ1) is 27.0. The number of thiazole rings is 1. The molecule has 3 aliphatic heterocycles. The zero-order chi connectivity index (χ0) is 28.3. The summed E-state index contributed by atoms with van der Waals surface area (Å²) in [5.41, 5.74) is 12.8. The van der Waals surface area contributed by atoms with Gasteiger partial charge in [-0.25, -0.2) is 13.8 Å². The van der Waals surface area contributed by atoms with E-state index in [1.54, 1.807) is 6.07 Å². The summed E-state index contributed by atoms with van der Waals surface area (Å²) >= 11 is 7.76. The molecule has 0 saturated carbocycles. The van der Waals surface area contributed by atoms with Crippen molar-refractivity contribution in [2.24, 2.45) is 5.73 Å². The Hall–Kier alpha value is -2.90. The molecule has 0 aliphatic carbocycles. The van der Waals surface area contributed by atoms with Gasteiger partial charge < -0.3 is 25.8 Å². The summed E-state index contributed by atoms with van der Waals surface area (Å²) < 4.78 is 43.3. The van der Waals surface area contributed by atoms with Crippen molar-refractivity contribution in [2.75, 3.05) is 56.6 Å². The Labute approximate surface area is 244 Å². The maximum absolute atomic E-state index is 16.6. The first-order chi connectivity index (χ1) is 19.8. The van der Waals surface area contributed by atoms with Crippen LogP contribution in [0.4, 0.5) is 19.7 Å². The van der Waals surface area contributed by atoms with Crippen LogP contribution in [0.15, 0.2) is 18.2 Å². The molecule has 0 bridgehead atoms. The predicted molar refractivity (Wildman–Crippen MR) is 157 cm³/mol. The van der Waals surface area contributed by atoms with Crippen molar-refractivity contribution in [3.63, 3.8) is 0 Å². The molecule has 2 aromatic heterocycles. The third kappa shape index (κ3) is 4.65. The fraction of sp³-hybridized carbons (Fsp3) is 0.464. The van der Waals surface area contributed by atoms with Crippen LogP contribution in [-0.2, 0) is 4.74 Å². The minimum Gasteiger partial charge on any atom is -0.461 e. The average Bonchev–Trinajstić information content (AvgIpc) is 3.60. The topological polar surface area (TPSA) is 116 Å². The zero-order valence-corrected chi connectivity index (χ0v) is 23.9. The van der Waals surface area contributed by atoms with Gasteiger partial charge in [0, 0.05) is 35.6 Å². The van der Waals surface area contributed by atoms with Crippen LogP contribution >= 0.6 is 22.9 Å². The van der Waals surface area contributed by atoms with Gasteiger partial charge in [-0.1, -0.05) is 22.9 Å². The molecule has 1 atom stereocenters. The van der Waals surface area contributed by atoms with Gasteiger partial charge in [0.2, 0.25) is 0 Å². The Morgan fingerprint density at radius 3 is 2.73 bits per heavy atom. The smallest absolute Gasteiger partial charge is 0.319 e. The van der Waals surface area contributed by atoms with Gasteiger partial charge in [0.15, 0.2) is 10.9 Å². The molecule has 4 aromatic rings. The van der Waals surface area contributed by atoms with Crippen molar-refractivity contribution in [3.05, 3.63) is 34.9 Å². The van der Waals surface area contributed by atoms with Crippen LogP contribution < -0.4 is 21.1 Å². The first-order valence-electron chi connectivity index (χ1n) is 13.8. The van der Waals surface area contributed by atoms with E-state index < -0.39 is 11.6 Å². The van der Waals surface area contributed by atoms with Gasteiger partial charge in [0.25, 0.3) is 0 Å². The lowest BCUT2D eigenvalue weighted by molar-refractivity contribution is 0.108. The van der Waals surface area contributed by atoms with Crippen LogP contribution in [0, 0.1) is 11.6 Å². The fourth-order valence-electron chi connectivity index (χ4n) is 6.60. The minimum atomic E-state index is -0.669. The summed E-state index contributed by atoms with van der Waals surface area (Å²) in [5.74, 6) is -0.674. The Balaban J connectivity index is 1.38. The molecule has 3 fully saturated rings. The number of rotatable bonds is 5. The summed E-state index contributed by atoms with van der Waals surface area (Å²) in [5, 5.41) is 0.723. The highest BCUT2D eigenvalue weighted by molar-refractivity contribution is 7.22. The molecule has 2 aromatic carbocycles. The normalized spacial score (nSPS) is 21.1. The number of nitrogen functional groups attached to an aromatic ring is 1. The quantitative estimate of drug-likeness (QED) is 0.339. The van der Waals surface area contributed by atoms with Crippen LogP contribution in [0.2, 0.25) is 5.02 Å². The fourth-order valence-corrected chi connectivity index (χ4v) is 7.65. The number of benzene rings is 2. The second kappa shape index (κ2) is 10.4. The second-order valence-electron chi connectivity index (χ2n) is 11.1. The van der Waals surface area contributed by atoms with Gasteiger partial charge in [-0.3, -0.25) is 4.90 Å². The number of ether oxygens (including phenoxy) is 2. The number of fused-ring (bicyclic) bond motifs is 3. The third-order valence-corrected chi connectivity index (χ3v) is 9.69. The Bertz CT molecular complexity index is 1640. The van der Waals surface area contributed by atoms with Crippen molar-refractivity contribution < 1.29 is 18.3 Å². The van der Waals surface area contributed by atoms with Gasteiger partial charge in [-0.2, -0.15) is 9.97 Å². The molecule has 41 heavy (non-hydrogen) atoms. The average molecular weight is 602 g/mol. The van der Waals surface area contributed by atoms with E-state index in [-0.39, 0.29) is 49.0 Å². The van der Waals surface area contributed by atoms with E-state index in [9.17, 15) is 4.39 Å². The third-order valence-electron chi connectivity index (χ3n) is 8.50. The highest BCUT2D eigenvalue weighted by atomic mass is 35.5. The minimum absolute atomic E-state index is 0.0365. The summed E-state index contributed by atoms with van der Waals surface area (Å²) in [7, 11) is 0. The van der Waals surface area contributed by atoms with Gasteiger partial charge in [-0.05, 0) is 57.0 Å². The Morgan fingerprint density at radius 1 is 1.12 bits per heavy atom. The lowest BCUT2D eigenvalue weighted by Gasteiger charge is -2.31. The van der Waals surface area contributed by atoms with Gasteiger partial charge in [0.1, 0.15) is 23.8 Å². The van der Waals surface area contributed by atoms with Crippen molar-refractivity contribution in [1.82, 2.24) is 19.9 Å². The maximum atomic E-state index is 16.6. The molecule has 1 unspecified atom stereocenters. The van der Waals surface area contributed by atoms with E-state index >= 15 is 4.39 Å². The van der Waals surface area contributed by atoms with Gasteiger partial charge >= 0.3 is 6.01 Å². The molecule has 5 heterocycles. The number of hydrogen-bond acceptors (Lipinski definition) is 10. The largest absolute Gasteiger partial charge is 0.461 e. The SMILES string of the molecule is Nc1nc2c(-c3c(Cl)cc4c(N5CCOCC(N)C5)nc(OCC56CCCN5CCC6)nc4c3F)ccc(F)c2s1. The summed E-state index contributed by atoms with van der Waals surface area (Å²) in [6.07, 6.45) is 4.36. The Kier molecular flexibility index (Phi) is 6.86. The van der Waals surface area contributed by atoms with Crippen LogP contribution in [0.25, 0.3) is 32.2 Å². The van der Waals surface area contributed by atoms with Crippen LogP contribution in [0.5, 0.6) is 6.01 Å². The Morgan fingerprint density at radius 2 is 1.93 bits per heavy atom. The molecule has 7 rings (SSSR count). The van der Waals surface area contributed by atoms with Gasteiger partial charge in [-0.15, -0.1) is 0 Å². The van der Waals surface area contributed by atoms with Crippen molar-refractivity contribution in [3.8, 4) is 17.1 Å². The van der Waals surface area contributed by atoms with Gasteiger partial charge in [0.05, 0.1) is 34.0 Å². The van der Waals surface area contributed by atoms with E-state index in [1.807, 2.05) is 4.90 Å². The zero-order valence-electron chi connectivity index (χ0n) is 22.3. The molecular weight excluding hydrogens is 572 g/mol. The number of aromatic nitrogens is 3. The summed E-state index contributed by atoms with van der Waals surface area (Å²) in [6.45, 7) is 4.37. The number of hydrogen-bond donors (Lipinski definition) is 2. The number of halogens is 3. The lowest BCUT2D eigenvalue weighted by atomic mass is 9.95. The van der Waals surface area contributed by atoms with Crippen LogP contribution in [-0.4, -0.2) is 77.4 Å². The molecule has 0 spiro atoms. The molecule has 3 saturated heterocycles. The highest BCUT2D eigenvalue weighted by Gasteiger charge is 2.45. The first-order valence-corrected chi connectivity index (χ1v) is 15.0. The van der Waals surface area contributed by atoms with E-state index in [0.717, 1.165) is 50.1 Å².